The summed E-state index contributed by atoms with van der Waals surface area (Å²) in [6, 6.07) is 10.4. The lowest BCUT2D eigenvalue weighted by Crippen LogP contribution is -2.48. The van der Waals surface area contributed by atoms with Crippen molar-refractivity contribution >= 4 is 0 Å². The highest BCUT2D eigenvalue weighted by molar-refractivity contribution is 5.51. The average Bonchev–Trinajstić information content (AvgIpc) is 2.88. The number of piperazine rings is 1. The molecular weight excluding hydrogens is 240 g/mol. The first-order valence-electron chi connectivity index (χ1n) is 6.65. The van der Waals surface area contributed by atoms with E-state index < -0.39 is 0 Å². The third-order valence-corrected chi connectivity index (χ3v) is 3.31. The maximum atomic E-state index is 5.32. The number of hydrogen-bond acceptors (Lipinski definition) is 5. The van der Waals surface area contributed by atoms with Crippen molar-refractivity contribution in [2.24, 2.45) is 0 Å². The van der Waals surface area contributed by atoms with Gasteiger partial charge in [0.05, 0.1) is 6.54 Å². The minimum absolute atomic E-state index is 0.522. The Hall–Kier alpha value is -1.72. The third kappa shape index (κ3) is 3.00. The first-order chi connectivity index (χ1) is 9.31. The van der Waals surface area contributed by atoms with Gasteiger partial charge in [-0.2, -0.15) is 4.98 Å². The van der Waals surface area contributed by atoms with Gasteiger partial charge in [-0.15, -0.1) is 0 Å². The minimum Gasteiger partial charge on any atom is -0.334 e. The number of aromatic nitrogens is 2. The molecule has 1 aliphatic rings. The maximum Gasteiger partial charge on any atom is 0.257 e. The van der Waals surface area contributed by atoms with Crippen molar-refractivity contribution in [3.63, 3.8) is 0 Å². The van der Waals surface area contributed by atoms with E-state index in [9.17, 15) is 0 Å². The molecule has 1 N–H and O–H groups in total. The van der Waals surface area contributed by atoms with Crippen molar-refractivity contribution in [3.8, 4) is 11.5 Å². The Morgan fingerprint density at radius 3 is 3.00 bits per heavy atom. The van der Waals surface area contributed by atoms with Crippen molar-refractivity contribution in [2.45, 2.75) is 19.5 Å². The summed E-state index contributed by atoms with van der Waals surface area (Å²) in [4.78, 5) is 6.81. The number of benzene rings is 1. The molecule has 2 heterocycles. The zero-order chi connectivity index (χ0) is 13.1. The molecule has 1 aliphatic heterocycles. The lowest BCUT2D eigenvalue weighted by Gasteiger charge is -2.30. The fourth-order valence-electron chi connectivity index (χ4n) is 2.37. The van der Waals surface area contributed by atoms with E-state index in [2.05, 4.69) is 27.3 Å². The Kier molecular flexibility index (Phi) is 3.57. The van der Waals surface area contributed by atoms with Crippen LogP contribution in [0.15, 0.2) is 34.9 Å². The molecule has 5 heteroatoms. The predicted octanol–water partition coefficient (Wildman–Crippen LogP) is 1.53. The summed E-state index contributed by atoms with van der Waals surface area (Å²) in [5.74, 6) is 1.35. The van der Waals surface area contributed by atoms with Crippen molar-refractivity contribution in [1.29, 1.82) is 0 Å². The first-order valence-corrected chi connectivity index (χ1v) is 6.65. The highest BCUT2D eigenvalue weighted by Crippen LogP contribution is 2.16. The van der Waals surface area contributed by atoms with E-state index in [1.165, 1.54) is 0 Å². The molecular formula is C14H18N4O. The van der Waals surface area contributed by atoms with Crippen LogP contribution in [0.25, 0.3) is 11.5 Å². The standard InChI is InChI=1S/C14H18N4O/c1-11-9-18(8-7-15-11)10-13-16-14(19-17-13)12-5-3-2-4-6-12/h2-6,11,15H,7-10H2,1H3. The summed E-state index contributed by atoms with van der Waals surface area (Å²) in [6.07, 6.45) is 0. The summed E-state index contributed by atoms with van der Waals surface area (Å²) in [6.45, 7) is 6.01. The van der Waals surface area contributed by atoms with E-state index >= 15 is 0 Å². The van der Waals surface area contributed by atoms with Crippen LogP contribution in [0.5, 0.6) is 0 Å². The van der Waals surface area contributed by atoms with E-state index in [0.29, 0.717) is 11.9 Å². The number of rotatable bonds is 3. The smallest absolute Gasteiger partial charge is 0.257 e. The molecule has 1 aromatic carbocycles. The van der Waals surface area contributed by atoms with Gasteiger partial charge in [0.2, 0.25) is 0 Å². The molecule has 0 saturated carbocycles. The number of hydrogen-bond donors (Lipinski definition) is 1. The first kappa shape index (κ1) is 12.3. The number of nitrogens with zero attached hydrogens (tertiary/aromatic N) is 3. The largest absolute Gasteiger partial charge is 0.334 e. The second kappa shape index (κ2) is 5.50. The van der Waals surface area contributed by atoms with Crippen LogP contribution in [0, 0.1) is 0 Å². The maximum absolute atomic E-state index is 5.32. The van der Waals surface area contributed by atoms with Gasteiger partial charge in [0.15, 0.2) is 5.82 Å². The molecule has 19 heavy (non-hydrogen) atoms. The Morgan fingerprint density at radius 1 is 1.37 bits per heavy atom. The topological polar surface area (TPSA) is 54.2 Å². The van der Waals surface area contributed by atoms with E-state index in [4.69, 9.17) is 4.52 Å². The molecule has 0 bridgehead atoms. The molecule has 100 valence electrons. The van der Waals surface area contributed by atoms with Crippen molar-refractivity contribution in [2.75, 3.05) is 19.6 Å². The lowest BCUT2D eigenvalue weighted by molar-refractivity contribution is 0.193. The Morgan fingerprint density at radius 2 is 2.21 bits per heavy atom. The van der Waals surface area contributed by atoms with Crippen molar-refractivity contribution in [3.05, 3.63) is 36.2 Å². The monoisotopic (exact) mass is 258 g/mol. The normalized spacial score (nSPS) is 20.6. The molecule has 2 aromatic rings. The highest BCUT2D eigenvalue weighted by atomic mass is 16.5. The van der Waals surface area contributed by atoms with Gasteiger partial charge < -0.3 is 9.84 Å². The average molecular weight is 258 g/mol. The zero-order valence-electron chi connectivity index (χ0n) is 11.0. The lowest BCUT2D eigenvalue weighted by atomic mass is 10.2. The summed E-state index contributed by atoms with van der Waals surface area (Å²) in [5, 5.41) is 7.49. The van der Waals surface area contributed by atoms with Crippen LogP contribution in [-0.4, -0.2) is 40.7 Å². The SMILES string of the molecule is CC1CN(Cc2noc(-c3ccccc3)n2)CCN1. The van der Waals surface area contributed by atoms with Gasteiger partial charge in [-0.3, -0.25) is 4.90 Å². The second-order valence-electron chi connectivity index (χ2n) is 4.97. The molecule has 0 aliphatic carbocycles. The van der Waals surface area contributed by atoms with Gasteiger partial charge >= 0.3 is 0 Å². The van der Waals surface area contributed by atoms with Crippen molar-refractivity contribution in [1.82, 2.24) is 20.4 Å². The molecule has 0 spiro atoms. The fourth-order valence-corrected chi connectivity index (χ4v) is 2.37. The molecule has 0 amide bonds. The molecule has 1 saturated heterocycles. The Labute approximate surface area is 112 Å². The summed E-state index contributed by atoms with van der Waals surface area (Å²) in [7, 11) is 0. The van der Waals surface area contributed by atoms with Crippen LogP contribution in [0.2, 0.25) is 0 Å². The van der Waals surface area contributed by atoms with Gasteiger partial charge in [-0.1, -0.05) is 23.4 Å². The Balaban J connectivity index is 1.68. The van der Waals surface area contributed by atoms with Gasteiger partial charge in [0.1, 0.15) is 0 Å². The van der Waals surface area contributed by atoms with E-state index in [1.807, 2.05) is 30.3 Å². The van der Waals surface area contributed by atoms with Gasteiger partial charge in [-0.25, -0.2) is 0 Å². The van der Waals surface area contributed by atoms with E-state index in [-0.39, 0.29) is 0 Å². The van der Waals surface area contributed by atoms with Gasteiger partial charge in [0, 0.05) is 31.2 Å². The summed E-state index contributed by atoms with van der Waals surface area (Å²) in [5.41, 5.74) is 0.968. The molecule has 1 fully saturated rings. The van der Waals surface area contributed by atoms with E-state index in [1.54, 1.807) is 0 Å². The summed E-state index contributed by atoms with van der Waals surface area (Å²) >= 11 is 0. The molecule has 5 nitrogen and oxygen atoms in total. The van der Waals surface area contributed by atoms with Crippen LogP contribution in [-0.2, 0) is 6.54 Å². The molecule has 1 atom stereocenters. The highest BCUT2D eigenvalue weighted by Gasteiger charge is 2.18. The zero-order valence-corrected chi connectivity index (χ0v) is 11.0. The van der Waals surface area contributed by atoms with Crippen LogP contribution in [0.1, 0.15) is 12.7 Å². The van der Waals surface area contributed by atoms with Crippen LogP contribution < -0.4 is 5.32 Å². The minimum atomic E-state index is 0.522. The third-order valence-electron chi connectivity index (χ3n) is 3.31. The second-order valence-corrected chi connectivity index (χ2v) is 4.97. The summed E-state index contributed by atoms with van der Waals surface area (Å²) < 4.78 is 5.32. The molecule has 1 unspecified atom stereocenters. The molecule has 0 radical (unpaired) electrons. The van der Waals surface area contributed by atoms with Crippen molar-refractivity contribution < 1.29 is 4.52 Å². The Bertz CT molecular complexity index is 525. The molecule has 3 rings (SSSR count). The van der Waals surface area contributed by atoms with Crippen LogP contribution >= 0.6 is 0 Å². The number of nitrogens with one attached hydrogen (secondary N) is 1. The van der Waals surface area contributed by atoms with Crippen LogP contribution in [0.3, 0.4) is 0 Å². The quantitative estimate of drug-likeness (QED) is 0.905. The van der Waals surface area contributed by atoms with E-state index in [0.717, 1.165) is 37.6 Å². The van der Waals surface area contributed by atoms with Crippen LogP contribution in [0.4, 0.5) is 0 Å². The molecule has 1 aromatic heterocycles. The fraction of sp³-hybridized carbons (Fsp3) is 0.429. The predicted molar refractivity (Wildman–Crippen MR) is 72.5 cm³/mol. The van der Waals surface area contributed by atoms with Gasteiger partial charge in [-0.05, 0) is 19.1 Å². The van der Waals surface area contributed by atoms with Gasteiger partial charge in [0.25, 0.3) is 5.89 Å².